The molecule has 35 heavy (non-hydrogen) atoms. The second-order valence-electron chi connectivity index (χ2n) is 8.52. The highest BCUT2D eigenvalue weighted by Gasteiger charge is 2.50. The van der Waals surface area contributed by atoms with Crippen molar-refractivity contribution in [2.75, 3.05) is 38.5 Å². The lowest BCUT2D eigenvalue weighted by Gasteiger charge is -2.39. The Hall–Kier alpha value is -3.87. The molecular formula is C28H33N3O4. The SMILES string of the molecule is CCCCNC(=O)C(c1ccc(OC)cc1)C1(c2ccc(OC)cc2OC)Nc2ccccc2N1. The van der Waals surface area contributed by atoms with Crippen LogP contribution in [-0.4, -0.2) is 33.8 Å². The number of fused-ring (bicyclic) bond motifs is 1. The molecule has 1 aliphatic rings. The second-order valence-corrected chi connectivity index (χ2v) is 8.52. The van der Waals surface area contributed by atoms with Crippen LogP contribution in [0.25, 0.3) is 0 Å². The largest absolute Gasteiger partial charge is 0.497 e. The number of anilines is 2. The fraction of sp³-hybridized carbons (Fsp3) is 0.321. The summed E-state index contributed by atoms with van der Waals surface area (Å²) in [6.45, 7) is 2.71. The number of carbonyl (C=O) groups is 1. The van der Waals surface area contributed by atoms with Crippen LogP contribution in [0.5, 0.6) is 17.2 Å². The average Bonchev–Trinajstić information content (AvgIpc) is 3.29. The molecule has 0 spiro atoms. The molecule has 3 aromatic carbocycles. The van der Waals surface area contributed by atoms with E-state index in [4.69, 9.17) is 14.2 Å². The Bertz CT molecular complexity index is 1140. The number of rotatable bonds is 10. The van der Waals surface area contributed by atoms with Crippen LogP contribution in [0.4, 0.5) is 11.4 Å². The van der Waals surface area contributed by atoms with Crippen LogP contribution in [0.2, 0.25) is 0 Å². The van der Waals surface area contributed by atoms with Gasteiger partial charge in [-0.1, -0.05) is 37.6 Å². The van der Waals surface area contributed by atoms with E-state index in [1.807, 2.05) is 66.7 Å². The molecule has 7 nitrogen and oxygen atoms in total. The molecule has 1 amide bonds. The average molecular weight is 476 g/mol. The molecule has 3 N–H and O–H groups in total. The maximum absolute atomic E-state index is 13.9. The zero-order chi connectivity index (χ0) is 24.8. The molecule has 0 radical (unpaired) electrons. The van der Waals surface area contributed by atoms with Crippen molar-refractivity contribution in [3.05, 3.63) is 77.9 Å². The normalized spacial score (nSPS) is 14.2. The highest BCUT2D eigenvalue weighted by Crippen LogP contribution is 2.50. The van der Waals surface area contributed by atoms with Crippen molar-refractivity contribution in [3.63, 3.8) is 0 Å². The van der Waals surface area contributed by atoms with E-state index in [1.54, 1.807) is 21.3 Å². The maximum atomic E-state index is 13.9. The van der Waals surface area contributed by atoms with E-state index in [2.05, 4.69) is 22.9 Å². The Kier molecular flexibility index (Phi) is 7.34. The van der Waals surface area contributed by atoms with Crippen LogP contribution >= 0.6 is 0 Å². The van der Waals surface area contributed by atoms with Gasteiger partial charge in [-0.05, 0) is 48.4 Å². The fourth-order valence-corrected chi connectivity index (χ4v) is 4.60. The van der Waals surface area contributed by atoms with Gasteiger partial charge in [0.15, 0.2) is 5.66 Å². The molecule has 0 aliphatic carbocycles. The number of nitrogens with one attached hydrogen (secondary N) is 3. The number of para-hydroxylation sites is 2. The number of ether oxygens (including phenoxy) is 3. The molecule has 4 rings (SSSR count). The van der Waals surface area contributed by atoms with Crippen molar-refractivity contribution in [1.82, 2.24) is 5.32 Å². The van der Waals surface area contributed by atoms with Gasteiger partial charge >= 0.3 is 0 Å². The van der Waals surface area contributed by atoms with E-state index in [0.29, 0.717) is 18.0 Å². The van der Waals surface area contributed by atoms with Gasteiger partial charge in [0.2, 0.25) is 5.91 Å². The molecule has 0 aromatic heterocycles. The van der Waals surface area contributed by atoms with E-state index in [9.17, 15) is 4.79 Å². The first-order valence-corrected chi connectivity index (χ1v) is 11.9. The monoisotopic (exact) mass is 475 g/mol. The first-order chi connectivity index (χ1) is 17.1. The second kappa shape index (κ2) is 10.6. The minimum absolute atomic E-state index is 0.0886. The standard InChI is InChI=1S/C28H33N3O4/c1-5-6-17-29-27(32)26(19-11-13-20(33-2)14-12-19)28(30-23-9-7-8-10-24(23)31-28)22-16-15-21(34-3)18-25(22)35-4/h7-16,18,26,30-31H,5-6,17H2,1-4H3,(H,29,32). The Balaban J connectivity index is 1.91. The molecule has 1 aliphatic heterocycles. The Morgan fingerprint density at radius 1 is 0.886 bits per heavy atom. The van der Waals surface area contributed by atoms with Crippen LogP contribution in [-0.2, 0) is 10.5 Å². The zero-order valence-electron chi connectivity index (χ0n) is 20.7. The number of amides is 1. The number of unbranched alkanes of at least 4 members (excludes halogenated alkanes) is 1. The third-order valence-electron chi connectivity index (χ3n) is 6.40. The van der Waals surface area contributed by atoms with Gasteiger partial charge in [-0.2, -0.15) is 0 Å². The maximum Gasteiger partial charge on any atom is 0.232 e. The summed E-state index contributed by atoms with van der Waals surface area (Å²) >= 11 is 0. The predicted octanol–water partition coefficient (Wildman–Crippen LogP) is 5.10. The van der Waals surface area contributed by atoms with Crippen molar-refractivity contribution in [1.29, 1.82) is 0 Å². The molecule has 0 saturated carbocycles. The molecule has 1 heterocycles. The van der Waals surface area contributed by atoms with Gasteiger partial charge in [0.05, 0.1) is 32.7 Å². The van der Waals surface area contributed by atoms with Gasteiger partial charge in [0.1, 0.15) is 23.2 Å². The topological polar surface area (TPSA) is 80.9 Å². The van der Waals surface area contributed by atoms with Crippen molar-refractivity contribution in [3.8, 4) is 17.2 Å². The van der Waals surface area contributed by atoms with Crippen molar-refractivity contribution in [2.45, 2.75) is 31.3 Å². The summed E-state index contributed by atoms with van der Waals surface area (Å²) in [6.07, 6.45) is 1.90. The first-order valence-electron chi connectivity index (χ1n) is 11.9. The van der Waals surface area contributed by atoms with Gasteiger partial charge in [-0.25, -0.2) is 0 Å². The Morgan fingerprint density at radius 3 is 2.09 bits per heavy atom. The zero-order valence-corrected chi connectivity index (χ0v) is 20.7. The quantitative estimate of drug-likeness (QED) is 0.354. The third kappa shape index (κ3) is 4.71. The molecule has 7 heteroatoms. The predicted molar refractivity (Wildman–Crippen MR) is 139 cm³/mol. The summed E-state index contributed by atoms with van der Waals surface area (Å²) in [5.41, 5.74) is 2.43. The molecule has 1 unspecified atom stereocenters. The lowest BCUT2D eigenvalue weighted by atomic mass is 9.79. The van der Waals surface area contributed by atoms with Crippen LogP contribution < -0.4 is 30.2 Å². The molecule has 184 valence electrons. The van der Waals surface area contributed by atoms with Crippen LogP contribution in [0.15, 0.2) is 66.7 Å². The number of hydrogen-bond donors (Lipinski definition) is 3. The highest BCUT2D eigenvalue weighted by atomic mass is 16.5. The summed E-state index contributed by atoms with van der Waals surface area (Å²) in [7, 11) is 4.87. The lowest BCUT2D eigenvalue weighted by molar-refractivity contribution is -0.123. The van der Waals surface area contributed by atoms with Gasteiger partial charge in [-0.15, -0.1) is 0 Å². The van der Waals surface area contributed by atoms with Gasteiger partial charge < -0.3 is 30.2 Å². The van der Waals surface area contributed by atoms with E-state index >= 15 is 0 Å². The van der Waals surface area contributed by atoms with E-state index in [1.165, 1.54) is 0 Å². The van der Waals surface area contributed by atoms with Crippen LogP contribution in [0.3, 0.4) is 0 Å². The third-order valence-corrected chi connectivity index (χ3v) is 6.40. The number of benzene rings is 3. The summed E-state index contributed by atoms with van der Waals surface area (Å²) in [5, 5.41) is 10.5. The summed E-state index contributed by atoms with van der Waals surface area (Å²) in [4.78, 5) is 13.9. The number of hydrogen-bond acceptors (Lipinski definition) is 6. The Morgan fingerprint density at radius 2 is 1.51 bits per heavy atom. The summed E-state index contributed by atoms with van der Waals surface area (Å²) in [5.74, 6) is 1.28. The molecular weight excluding hydrogens is 442 g/mol. The number of carbonyl (C=O) groups excluding carboxylic acids is 1. The van der Waals surface area contributed by atoms with E-state index in [-0.39, 0.29) is 5.91 Å². The molecule has 1 atom stereocenters. The molecule has 0 saturated heterocycles. The first kappa shape index (κ1) is 24.3. The van der Waals surface area contributed by atoms with Crippen molar-refractivity contribution in [2.24, 2.45) is 0 Å². The molecule has 3 aromatic rings. The fourth-order valence-electron chi connectivity index (χ4n) is 4.60. The highest BCUT2D eigenvalue weighted by molar-refractivity contribution is 5.90. The van der Waals surface area contributed by atoms with Gasteiger partial charge in [0.25, 0.3) is 0 Å². The smallest absolute Gasteiger partial charge is 0.232 e. The summed E-state index contributed by atoms with van der Waals surface area (Å²) in [6, 6.07) is 21.2. The van der Waals surface area contributed by atoms with Crippen LogP contribution in [0.1, 0.15) is 36.8 Å². The van der Waals surface area contributed by atoms with Crippen molar-refractivity contribution < 1.29 is 19.0 Å². The van der Waals surface area contributed by atoms with Gasteiger partial charge in [0, 0.05) is 18.2 Å². The number of methoxy groups -OCH3 is 3. The van der Waals surface area contributed by atoms with E-state index in [0.717, 1.165) is 41.1 Å². The molecule has 0 bridgehead atoms. The van der Waals surface area contributed by atoms with Crippen molar-refractivity contribution >= 4 is 17.3 Å². The van der Waals surface area contributed by atoms with E-state index < -0.39 is 11.6 Å². The summed E-state index contributed by atoms with van der Waals surface area (Å²) < 4.78 is 16.6. The lowest BCUT2D eigenvalue weighted by Crippen LogP contribution is -2.51. The minimum atomic E-state index is -1.02. The minimum Gasteiger partial charge on any atom is -0.497 e. The molecule has 0 fully saturated rings. The van der Waals surface area contributed by atoms with Gasteiger partial charge in [-0.3, -0.25) is 4.79 Å². The Labute approximate surface area is 206 Å². The van der Waals surface area contributed by atoms with Crippen LogP contribution in [0, 0.1) is 0 Å².